The van der Waals surface area contributed by atoms with Gasteiger partial charge >= 0.3 is 5.97 Å². The molecule has 2 unspecified atom stereocenters. The lowest BCUT2D eigenvalue weighted by molar-refractivity contribution is -0.144. The van der Waals surface area contributed by atoms with Crippen LogP contribution in [0.15, 0.2) is 12.2 Å². The summed E-state index contributed by atoms with van der Waals surface area (Å²) in [5.74, 6) is 0.491. The second-order valence-electron chi connectivity index (χ2n) is 5.91. The number of carbonyl (C=O) groups is 1. The van der Waals surface area contributed by atoms with Gasteiger partial charge in [0, 0.05) is 6.08 Å². The number of cyclic esters (lactones) is 1. The molecule has 1 aliphatic rings. The second kappa shape index (κ2) is 10.1. The first-order chi connectivity index (χ1) is 9.22. The smallest absolute Gasteiger partial charge is 0.330 e. The van der Waals surface area contributed by atoms with Gasteiger partial charge in [0.25, 0.3) is 0 Å². The molecular formula is C17H30O2. The fourth-order valence-corrected chi connectivity index (χ4v) is 2.56. The molecule has 0 N–H and O–H groups in total. The predicted molar refractivity (Wildman–Crippen MR) is 80.0 cm³/mol. The van der Waals surface area contributed by atoms with Gasteiger partial charge in [-0.25, -0.2) is 4.79 Å². The highest BCUT2D eigenvalue weighted by Gasteiger charge is 2.15. The van der Waals surface area contributed by atoms with Gasteiger partial charge in [-0.3, -0.25) is 0 Å². The molecule has 0 aromatic heterocycles. The molecule has 0 aromatic carbocycles. The summed E-state index contributed by atoms with van der Waals surface area (Å²) >= 11 is 0. The lowest BCUT2D eigenvalue weighted by Gasteiger charge is -2.20. The maximum absolute atomic E-state index is 11.8. The van der Waals surface area contributed by atoms with Crippen LogP contribution < -0.4 is 0 Å². The fourth-order valence-electron chi connectivity index (χ4n) is 2.56. The van der Waals surface area contributed by atoms with Crippen LogP contribution in [0.25, 0.3) is 0 Å². The Morgan fingerprint density at radius 1 is 1.21 bits per heavy atom. The van der Waals surface area contributed by atoms with Crippen LogP contribution in [0.4, 0.5) is 0 Å². The normalized spacial score (nSPS) is 26.4. The first kappa shape index (κ1) is 16.3. The second-order valence-corrected chi connectivity index (χ2v) is 5.91. The van der Waals surface area contributed by atoms with Crippen LogP contribution in [-0.4, -0.2) is 12.1 Å². The van der Waals surface area contributed by atoms with Gasteiger partial charge in [0.2, 0.25) is 0 Å². The van der Waals surface area contributed by atoms with Crippen molar-refractivity contribution in [2.45, 2.75) is 84.2 Å². The van der Waals surface area contributed by atoms with Crippen molar-refractivity contribution in [1.82, 2.24) is 0 Å². The van der Waals surface area contributed by atoms with E-state index in [1.807, 2.05) is 6.08 Å². The van der Waals surface area contributed by atoms with Crippen molar-refractivity contribution in [3.8, 4) is 0 Å². The first-order valence-corrected chi connectivity index (χ1v) is 8.09. The van der Waals surface area contributed by atoms with Gasteiger partial charge in [-0.2, -0.15) is 0 Å². The molecule has 0 saturated carbocycles. The third kappa shape index (κ3) is 8.07. The molecule has 0 aromatic rings. The summed E-state index contributed by atoms with van der Waals surface area (Å²) in [7, 11) is 0. The Labute approximate surface area is 118 Å². The van der Waals surface area contributed by atoms with Crippen molar-refractivity contribution in [3.05, 3.63) is 12.2 Å². The summed E-state index contributed by atoms with van der Waals surface area (Å²) in [6.07, 6.45) is 15.5. The number of ether oxygens (including phenoxy) is 1. The van der Waals surface area contributed by atoms with E-state index in [-0.39, 0.29) is 12.1 Å². The van der Waals surface area contributed by atoms with Crippen molar-refractivity contribution in [1.29, 1.82) is 0 Å². The van der Waals surface area contributed by atoms with Crippen LogP contribution in [0.1, 0.15) is 78.1 Å². The van der Waals surface area contributed by atoms with E-state index in [1.54, 1.807) is 6.08 Å². The highest BCUT2D eigenvalue weighted by atomic mass is 16.5. The van der Waals surface area contributed by atoms with Crippen molar-refractivity contribution in [2.24, 2.45) is 5.92 Å². The molecule has 1 heterocycles. The van der Waals surface area contributed by atoms with Crippen LogP contribution in [0.5, 0.6) is 0 Å². The van der Waals surface area contributed by atoms with Crippen LogP contribution in [0.2, 0.25) is 0 Å². The lowest BCUT2D eigenvalue weighted by atomic mass is 9.97. The Bertz CT molecular complexity index is 270. The zero-order chi connectivity index (χ0) is 13.9. The van der Waals surface area contributed by atoms with Crippen LogP contribution in [0, 0.1) is 5.92 Å². The molecule has 0 radical (unpaired) electrons. The highest BCUT2D eigenvalue weighted by Crippen LogP contribution is 2.19. The van der Waals surface area contributed by atoms with Crippen LogP contribution in [-0.2, 0) is 9.53 Å². The summed E-state index contributed by atoms with van der Waals surface area (Å²) in [4.78, 5) is 11.8. The van der Waals surface area contributed by atoms with Crippen LogP contribution >= 0.6 is 0 Å². The first-order valence-electron chi connectivity index (χ1n) is 8.09. The lowest BCUT2D eigenvalue weighted by Crippen LogP contribution is -2.19. The Hall–Kier alpha value is -0.790. The van der Waals surface area contributed by atoms with E-state index in [9.17, 15) is 4.79 Å². The predicted octanol–water partition coefficient (Wildman–Crippen LogP) is 5.03. The van der Waals surface area contributed by atoms with Gasteiger partial charge in [-0.05, 0) is 38.0 Å². The minimum absolute atomic E-state index is 0.118. The van der Waals surface area contributed by atoms with Crippen molar-refractivity contribution >= 4 is 5.97 Å². The third-order valence-corrected chi connectivity index (χ3v) is 4.05. The number of rotatable bonds is 3. The zero-order valence-corrected chi connectivity index (χ0v) is 12.7. The Balaban J connectivity index is 2.49. The number of esters is 1. The van der Waals surface area contributed by atoms with E-state index in [2.05, 4.69) is 13.8 Å². The van der Waals surface area contributed by atoms with Crippen LogP contribution in [0.3, 0.4) is 0 Å². The van der Waals surface area contributed by atoms with Gasteiger partial charge in [-0.15, -0.1) is 0 Å². The molecular weight excluding hydrogens is 236 g/mol. The molecule has 0 aliphatic carbocycles. The average molecular weight is 266 g/mol. The van der Waals surface area contributed by atoms with Gasteiger partial charge < -0.3 is 4.74 Å². The van der Waals surface area contributed by atoms with Crippen molar-refractivity contribution in [2.75, 3.05) is 0 Å². The molecule has 1 rings (SSSR count). The molecule has 2 nitrogen and oxygen atoms in total. The summed E-state index contributed by atoms with van der Waals surface area (Å²) < 4.78 is 5.61. The van der Waals surface area contributed by atoms with Gasteiger partial charge in [0.1, 0.15) is 6.10 Å². The van der Waals surface area contributed by atoms with Gasteiger partial charge in [0.05, 0.1) is 0 Å². The Morgan fingerprint density at radius 3 is 2.63 bits per heavy atom. The van der Waals surface area contributed by atoms with Gasteiger partial charge in [-0.1, -0.05) is 52.0 Å². The molecule has 110 valence electrons. The van der Waals surface area contributed by atoms with E-state index in [1.165, 1.54) is 38.5 Å². The molecule has 0 fully saturated rings. The third-order valence-electron chi connectivity index (χ3n) is 4.05. The number of carbonyl (C=O) groups excluding carboxylic acids is 1. The van der Waals surface area contributed by atoms with E-state index in [4.69, 9.17) is 4.74 Å². The summed E-state index contributed by atoms with van der Waals surface area (Å²) in [5, 5.41) is 0. The Morgan fingerprint density at radius 2 is 1.89 bits per heavy atom. The van der Waals surface area contributed by atoms with E-state index >= 15 is 0 Å². The van der Waals surface area contributed by atoms with E-state index in [0.29, 0.717) is 5.92 Å². The maximum Gasteiger partial charge on any atom is 0.330 e. The Kier molecular flexibility index (Phi) is 8.61. The minimum Gasteiger partial charge on any atom is -0.459 e. The van der Waals surface area contributed by atoms with Crippen molar-refractivity contribution in [3.63, 3.8) is 0 Å². The molecule has 1 aliphatic heterocycles. The number of hydrogen-bond donors (Lipinski definition) is 0. The molecule has 0 amide bonds. The molecule has 0 spiro atoms. The zero-order valence-electron chi connectivity index (χ0n) is 12.7. The van der Waals surface area contributed by atoms with E-state index < -0.39 is 0 Å². The quantitative estimate of drug-likeness (QED) is 0.670. The molecule has 19 heavy (non-hydrogen) atoms. The molecule has 2 atom stereocenters. The standard InChI is InChI=1S/C17H30O2/c1-3-15(2)14-16-12-10-8-6-4-5-7-9-11-13-17(18)19-16/h11,13,15-16H,3-10,12,14H2,1-2H3/b13-11-. The molecule has 0 bridgehead atoms. The summed E-state index contributed by atoms with van der Waals surface area (Å²) in [6, 6.07) is 0. The number of allylic oxidation sites excluding steroid dienone is 1. The molecule has 2 heteroatoms. The maximum atomic E-state index is 11.8. The van der Waals surface area contributed by atoms with Gasteiger partial charge in [0.15, 0.2) is 0 Å². The SMILES string of the molecule is CCC(C)CC1CCCCCCCC/C=C\C(=O)O1. The monoisotopic (exact) mass is 266 g/mol. The summed E-state index contributed by atoms with van der Waals surface area (Å²) in [6.45, 7) is 4.44. The summed E-state index contributed by atoms with van der Waals surface area (Å²) in [5.41, 5.74) is 0. The molecule has 0 saturated heterocycles. The number of hydrogen-bond acceptors (Lipinski definition) is 2. The van der Waals surface area contributed by atoms with E-state index in [0.717, 1.165) is 25.7 Å². The fraction of sp³-hybridized carbons (Fsp3) is 0.824. The largest absolute Gasteiger partial charge is 0.459 e. The highest BCUT2D eigenvalue weighted by molar-refractivity contribution is 5.82. The van der Waals surface area contributed by atoms with Crippen molar-refractivity contribution < 1.29 is 9.53 Å². The average Bonchev–Trinajstić information content (AvgIpc) is 2.41. The topological polar surface area (TPSA) is 26.3 Å². The minimum atomic E-state index is -0.146.